The van der Waals surface area contributed by atoms with Crippen LogP contribution in [-0.2, 0) is 18.3 Å². The molecule has 0 spiro atoms. The van der Waals surface area contributed by atoms with E-state index in [1.807, 2.05) is 24.3 Å². The normalized spacial score (nSPS) is 10.8. The number of nitro benzene ring substituents is 1. The van der Waals surface area contributed by atoms with Gasteiger partial charge in [0.1, 0.15) is 29.0 Å². The van der Waals surface area contributed by atoms with Crippen molar-refractivity contribution in [2.24, 2.45) is 7.05 Å². The second kappa shape index (κ2) is 8.08. The lowest BCUT2D eigenvalue weighted by molar-refractivity contribution is -0.385. The fourth-order valence-electron chi connectivity index (χ4n) is 2.76. The number of anilines is 1. The molecule has 3 aromatic rings. The summed E-state index contributed by atoms with van der Waals surface area (Å²) in [6.07, 6.45) is -0.625. The number of imidazole rings is 1. The maximum atomic E-state index is 14.1. The highest BCUT2D eigenvalue weighted by molar-refractivity contribution is 9.10. The van der Waals surface area contributed by atoms with Crippen molar-refractivity contribution in [2.75, 3.05) is 5.32 Å². The van der Waals surface area contributed by atoms with Gasteiger partial charge < -0.3 is 9.88 Å². The number of hydrogen-bond donors (Lipinski definition) is 1. The lowest BCUT2D eigenvalue weighted by Gasteiger charge is -2.10. The number of non-ortho nitro benzene ring substituents is 1. The molecule has 29 heavy (non-hydrogen) atoms. The summed E-state index contributed by atoms with van der Waals surface area (Å²) < 4.78 is 30.7. The maximum absolute atomic E-state index is 14.1. The van der Waals surface area contributed by atoms with Crippen molar-refractivity contribution in [3.63, 3.8) is 0 Å². The molecule has 0 aliphatic carbocycles. The van der Waals surface area contributed by atoms with E-state index in [1.54, 1.807) is 18.5 Å². The molecule has 150 valence electrons. The third kappa shape index (κ3) is 4.32. The summed E-state index contributed by atoms with van der Waals surface area (Å²) in [6, 6.07) is 8.47. The average molecular weight is 465 g/mol. The van der Waals surface area contributed by atoms with Crippen LogP contribution in [-0.4, -0.2) is 20.4 Å². The molecule has 0 aliphatic heterocycles. The van der Waals surface area contributed by atoms with E-state index < -0.39 is 40.1 Å². The van der Waals surface area contributed by atoms with Gasteiger partial charge in [0.2, 0.25) is 5.91 Å². The molecule has 0 atom stereocenters. The van der Waals surface area contributed by atoms with E-state index in [9.17, 15) is 23.7 Å². The minimum atomic E-state index is -1.15. The van der Waals surface area contributed by atoms with E-state index in [-0.39, 0.29) is 0 Å². The molecule has 0 saturated carbocycles. The van der Waals surface area contributed by atoms with Gasteiger partial charge >= 0.3 is 0 Å². The molecule has 0 saturated heterocycles. The summed E-state index contributed by atoms with van der Waals surface area (Å²) in [5.41, 5.74) is -0.00323. The van der Waals surface area contributed by atoms with Gasteiger partial charge in [-0.05, 0) is 19.1 Å². The zero-order valence-corrected chi connectivity index (χ0v) is 17.0. The highest BCUT2D eigenvalue weighted by atomic mass is 79.9. The first kappa shape index (κ1) is 20.6. The molecule has 3 rings (SSSR count). The van der Waals surface area contributed by atoms with Crippen LogP contribution in [0.4, 0.5) is 20.3 Å². The number of halogens is 3. The number of nitrogens with zero attached hydrogens (tertiary/aromatic N) is 3. The number of carbonyl (C=O) groups excluding carboxylic acids is 1. The first-order valence-corrected chi connectivity index (χ1v) is 9.18. The van der Waals surface area contributed by atoms with E-state index in [1.165, 1.54) is 0 Å². The van der Waals surface area contributed by atoms with E-state index >= 15 is 0 Å². The van der Waals surface area contributed by atoms with E-state index in [4.69, 9.17) is 0 Å². The van der Waals surface area contributed by atoms with Gasteiger partial charge in [-0.2, -0.15) is 0 Å². The Hall–Kier alpha value is -3.14. The lowest BCUT2D eigenvalue weighted by atomic mass is 10.1. The summed E-state index contributed by atoms with van der Waals surface area (Å²) in [6.45, 7) is 1.76. The number of nitro groups is 1. The van der Waals surface area contributed by atoms with Gasteiger partial charge in [-0.3, -0.25) is 14.9 Å². The molecule has 2 aromatic carbocycles. The first-order chi connectivity index (χ1) is 13.7. The second-order valence-electron chi connectivity index (χ2n) is 6.29. The van der Waals surface area contributed by atoms with Crippen LogP contribution in [0.15, 0.2) is 40.9 Å². The van der Waals surface area contributed by atoms with E-state index in [0.29, 0.717) is 29.5 Å². The van der Waals surface area contributed by atoms with Crippen molar-refractivity contribution >= 4 is 33.3 Å². The molecule has 0 aliphatic rings. The first-order valence-electron chi connectivity index (χ1n) is 8.38. The van der Waals surface area contributed by atoms with Gasteiger partial charge in [0, 0.05) is 22.6 Å². The van der Waals surface area contributed by atoms with Gasteiger partial charge in [-0.15, -0.1) is 0 Å². The Labute approximate surface area is 172 Å². The van der Waals surface area contributed by atoms with Crippen LogP contribution in [0.5, 0.6) is 0 Å². The summed E-state index contributed by atoms with van der Waals surface area (Å²) in [5, 5.41) is 13.3. The minimum Gasteiger partial charge on any atom is -0.318 e. The largest absolute Gasteiger partial charge is 0.318 e. The highest BCUT2D eigenvalue weighted by Gasteiger charge is 2.21. The maximum Gasteiger partial charge on any atom is 0.275 e. The Morgan fingerprint density at radius 3 is 2.38 bits per heavy atom. The smallest absolute Gasteiger partial charge is 0.275 e. The second-order valence-corrected chi connectivity index (χ2v) is 7.21. The van der Waals surface area contributed by atoms with Gasteiger partial charge in [0.05, 0.1) is 23.5 Å². The predicted octanol–water partition coefficient (Wildman–Crippen LogP) is 4.53. The third-order valence-electron chi connectivity index (χ3n) is 4.37. The van der Waals surface area contributed by atoms with Gasteiger partial charge in [-0.1, -0.05) is 28.1 Å². The number of aromatic nitrogens is 2. The van der Waals surface area contributed by atoms with Crippen LogP contribution in [0.2, 0.25) is 0 Å². The molecule has 7 nitrogen and oxygen atoms in total. The SMILES string of the molecule is Cc1nc(-c2ccc(Br)cc2)c(NC(=O)Cc2c(F)cc([N+](=O)[O-])cc2F)n1C. The topological polar surface area (TPSA) is 90.1 Å². The molecule has 0 bridgehead atoms. The van der Waals surface area contributed by atoms with Crippen molar-refractivity contribution in [1.29, 1.82) is 0 Å². The number of rotatable bonds is 5. The zero-order chi connectivity index (χ0) is 21.3. The lowest BCUT2D eigenvalue weighted by Crippen LogP contribution is -2.18. The van der Waals surface area contributed by atoms with Crippen molar-refractivity contribution in [2.45, 2.75) is 13.3 Å². The molecule has 0 unspecified atom stereocenters. The standard InChI is InChI=1S/C19H15BrF2N4O3/c1-10-23-18(11-3-5-12(20)6-4-11)19(25(10)2)24-17(27)9-14-15(21)7-13(26(28)29)8-16(14)22/h3-8H,9H2,1-2H3,(H,24,27). The molecular formula is C19H15BrF2N4O3. The number of amides is 1. The number of carbonyl (C=O) groups is 1. The number of nitrogens with one attached hydrogen (secondary N) is 1. The summed E-state index contributed by atoms with van der Waals surface area (Å²) in [4.78, 5) is 26.7. The Kier molecular flexibility index (Phi) is 5.73. The average Bonchev–Trinajstić information content (AvgIpc) is 2.93. The molecule has 1 N–H and O–H groups in total. The summed E-state index contributed by atoms with van der Waals surface area (Å²) in [7, 11) is 1.70. The number of hydrogen-bond acceptors (Lipinski definition) is 4. The molecular weight excluding hydrogens is 450 g/mol. The quantitative estimate of drug-likeness (QED) is 0.443. The Morgan fingerprint density at radius 2 is 1.83 bits per heavy atom. The molecule has 0 radical (unpaired) electrons. The summed E-state index contributed by atoms with van der Waals surface area (Å²) in [5.74, 6) is -1.98. The van der Waals surface area contributed by atoms with Crippen LogP contribution < -0.4 is 5.32 Å². The zero-order valence-electron chi connectivity index (χ0n) is 15.4. The van der Waals surface area contributed by atoms with Crippen molar-refractivity contribution in [3.8, 4) is 11.3 Å². The number of benzene rings is 2. The molecule has 0 fully saturated rings. The van der Waals surface area contributed by atoms with Crippen LogP contribution in [0.25, 0.3) is 11.3 Å². The molecule has 1 aromatic heterocycles. The molecule has 10 heteroatoms. The van der Waals surface area contributed by atoms with Crippen molar-refractivity contribution in [3.05, 3.63) is 74.0 Å². The summed E-state index contributed by atoms with van der Waals surface area (Å²) >= 11 is 3.35. The fraction of sp³-hybridized carbons (Fsp3) is 0.158. The van der Waals surface area contributed by atoms with Crippen LogP contribution in [0.3, 0.4) is 0 Å². The van der Waals surface area contributed by atoms with Crippen LogP contribution in [0.1, 0.15) is 11.4 Å². The van der Waals surface area contributed by atoms with Gasteiger partial charge in [0.15, 0.2) is 0 Å². The Morgan fingerprint density at radius 1 is 1.24 bits per heavy atom. The molecule has 1 amide bonds. The van der Waals surface area contributed by atoms with Crippen LogP contribution in [0, 0.1) is 28.7 Å². The molecule has 1 heterocycles. The van der Waals surface area contributed by atoms with Crippen molar-refractivity contribution < 1.29 is 18.5 Å². The Balaban J connectivity index is 1.89. The van der Waals surface area contributed by atoms with Crippen molar-refractivity contribution in [1.82, 2.24) is 9.55 Å². The monoisotopic (exact) mass is 464 g/mol. The van der Waals surface area contributed by atoms with E-state index in [2.05, 4.69) is 26.2 Å². The highest BCUT2D eigenvalue weighted by Crippen LogP contribution is 2.29. The minimum absolute atomic E-state index is 0.373. The third-order valence-corrected chi connectivity index (χ3v) is 4.90. The predicted molar refractivity (Wildman–Crippen MR) is 106 cm³/mol. The fourth-order valence-corrected chi connectivity index (χ4v) is 3.03. The van der Waals surface area contributed by atoms with Crippen LogP contribution >= 0.6 is 15.9 Å². The van der Waals surface area contributed by atoms with Gasteiger partial charge in [0.25, 0.3) is 5.69 Å². The van der Waals surface area contributed by atoms with Gasteiger partial charge in [-0.25, -0.2) is 13.8 Å². The Bertz CT molecular complexity index is 1090. The number of aryl methyl sites for hydroxylation is 1. The van der Waals surface area contributed by atoms with E-state index in [0.717, 1.165) is 10.0 Å².